The molecule has 0 radical (unpaired) electrons. The molecule has 0 fully saturated rings. The number of amides is 2. The number of alkyl halides is 3. The Bertz CT molecular complexity index is 474. The number of carbonyl (C=O) groups excluding carboxylic acids is 1. The first-order valence-corrected chi connectivity index (χ1v) is 4.45. The van der Waals surface area contributed by atoms with Gasteiger partial charge in [0.1, 0.15) is 11.5 Å². The van der Waals surface area contributed by atoms with Gasteiger partial charge in [-0.25, -0.2) is 10.2 Å². The molecule has 1 aromatic rings. The van der Waals surface area contributed by atoms with Crippen molar-refractivity contribution in [3.63, 3.8) is 0 Å². The minimum absolute atomic E-state index is 0.0782. The number of urea groups is 1. The van der Waals surface area contributed by atoms with E-state index < -0.39 is 18.1 Å². The van der Waals surface area contributed by atoms with Crippen molar-refractivity contribution in [1.82, 2.24) is 5.43 Å². The zero-order valence-corrected chi connectivity index (χ0v) is 8.73. The summed E-state index contributed by atoms with van der Waals surface area (Å²) < 4.78 is 39.5. The lowest BCUT2D eigenvalue weighted by atomic mass is 10.2. The second-order valence-corrected chi connectivity index (χ2v) is 3.00. The first kappa shape index (κ1) is 13.6. The molecule has 1 rings (SSSR count). The third kappa shape index (κ3) is 4.60. The zero-order chi connectivity index (χ0) is 13.8. The Labute approximate surface area is 98.8 Å². The van der Waals surface area contributed by atoms with Crippen LogP contribution in [0.25, 0.3) is 0 Å². The summed E-state index contributed by atoms with van der Waals surface area (Å²) in [5.41, 5.74) is 6.45. The Morgan fingerprint density at radius 3 is 2.72 bits per heavy atom. The second kappa shape index (κ2) is 5.25. The van der Waals surface area contributed by atoms with E-state index in [0.717, 1.165) is 24.4 Å². The van der Waals surface area contributed by atoms with Crippen molar-refractivity contribution in [3.05, 3.63) is 23.8 Å². The number of phenolic OH excluding ortho intramolecular Hbond substituents is 1. The van der Waals surface area contributed by atoms with Crippen molar-refractivity contribution < 1.29 is 27.8 Å². The SMILES string of the molecule is NC(=O)NN=Cc1cc(OC(F)(F)F)ccc1O. The van der Waals surface area contributed by atoms with Crippen LogP contribution >= 0.6 is 0 Å². The number of ether oxygens (including phenoxy) is 1. The van der Waals surface area contributed by atoms with E-state index in [1.807, 2.05) is 5.43 Å². The van der Waals surface area contributed by atoms with Gasteiger partial charge in [-0.15, -0.1) is 13.2 Å². The van der Waals surface area contributed by atoms with E-state index in [1.165, 1.54) is 0 Å². The number of carbonyl (C=O) groups is 1. The van der Waals surface area contributed by atoms with Crippen LogP contribution in [0.4, 0.5) is 18.0 Å². The molecule has 9 heteroatoms. The van der Waals surface area contributed by atoms with Gasteiger partial charge in [-0.3, -0.25) is 0 Å². The number of nitrogens with zero attached hydrogens (tertiary/aromatic N) is 1. The van der Waals surface area contributed by atoms with Crippen molar-refractivity contribution >= 4 is 12.2 Å². The summed E-state index contributed by atoms with van der Waals surface area (Å²) in [7, 11) is 0. The molecular weight excluding hydrogens is 255 g/mol. The van der Waals surface area contributed by atoms with E-state index in [1.54, 1.807) is 0 Å². The lowest BCUT2D eigenvalue weighted by Crippen LogP contribution is -2.24. The predicted octanol–water partition coefficient (Wildman–Crippen LogP) is 1.29. The fourth-order valence-electron chi connectivity index (χ4n) is 0.999. The van der Waals surface area contributed by atoms with E-state index in [0.29, 0.717) is 0 Å². The Kier molecular flexibility index (Phi) is 3.97. The number of benzene rings is 1. The maximum atomic E-state index is 11.9. The normalized spacial score (nSPS) is 11.5. The molecule has 6 nitrogen and oxygen atoms in total. The number of phenols is 1. The maximum Gasteiger partial charge on any atom is 0.573 e. The lowest BCUT2D eigenvalue weighted by Gasteiger charge is -2.09. The van der Waals surface area contributed by atoms with Gasteiger partial charge in [0.15, 0.2) is 0 Å². The van der Waals surface area contributed by atoms with Gasteiger partial charge in [0.05, 0.1) is 6.21 Å². The van der Waals surface area contributed by atoms with Crippen LogP contribution in [-0.2, 0) is 0 Å². The van der Waals surface area contributed by atoms with Gasteiger partial charge in [0.2, 0.25) is 0 Å². The average molecular weight is 263 g/mol. The molecule has 0 saturated heterocycles. The van der Waals surface area contributed by atoms with Crippen molar-refractivity contribution in [2.24, 2.45) is 10.8 Å². The third-order valence-corrected chi connectivity index (χ3v) is 1.61. The Balaban J connectivity index is 2.88. The standard InChI is InChI=1S/C9H8F3N3O3/c10-9(11,12)18-6-1-2-7(16)5(3-6)4-14-15-8(13)17/h1-4,16H,(H3,13,15,17). The quantitative estimate of drug-likeness (QED) is 0.566. The van der Waals surface area contributed by atoms with Gasteiger partial charge < -0.3 is 15.6 Å². The molecule has 0 unspecified atom stereocenters. The number of rotatable bonds is 3. The highest BCUT2D eigenvalue weighted by Crippen LogP contribution is 2.26. The molecule has 0 aliphatic rings. The topological polar surface area (TPSA) is 96.9 Å². The minimum atomic E-state index is -4.84. The molecular formula is C9H8F3N3O3. The van der Waals surface area contributed by atoms with Gasteiger partial charge in [0, 0.05) is 5.56 Å². The highest BCUT2D eigenvalue weighted by atomic mass is 19.4. The van der Waals surface area contributed by atoms with Crippen molar-refractivity contribution in [3.8, 4) is 11.5 Å². The minimum Gasteiger partial charge on any atom is -0.507 e. The molecule has 18 heavy (non-hydrogen) atoms. The third-order valence-electron chi connectivity index (χ3n) is 1.61. The average Bonchev–Trinajstić information content (AvgIpc) is 2.20. The van der Waals surface area contributed by atoms with Crippen LogP contribution in [0.1, 0.15) is 5.56 Å². The highest BCUT2D eigenvalue weighted by molar-refractivity contribution is 5.85. The summed E-state index contributed by atoms with van der Waals surface area (Å²) in [5.74, 6) is -0.861. The van der Waals surface area contributed by atoms with Gasteiger partial charge in [-0.05, 0) is 18.2 Å². The van der Waals surface area contributed by atoms with Gasteiger partial charge in [0.25, 0.3) is 0 Å². The molecule has 0 saturated carbocycles. The molecule has 0 heterocycles. The summed E-state index contributed by atoms with van der Waals surface area (Å²) in [6.45, 7) is 0. The van der Waals surface area contributed by atoms with Crippen molar-refractivity contribution in [2.45, 2.75) is 6.36 Å². The molecule has 0 aliphatic heterocycles. The molecule has 0 aromatic heterocycles. The molecule has 0 aliphatic carbocycles. The first-order chi connectivity index (χ1) is 8.28. The Morgan fingerprint density at radius 2 is 2.17 bits per heavy atom. The summed E-state index contributed by atoms with van der Waals surface area (Å²) in [4.78, 5) is 10.3. The summed E-state index contributed by atoms with van der Waals surface area (Å²) in [6.07, 6.45) is -3.92. The van der Waals surface area contributed by atoms with Crippen LogP contribution in [0.3, 0.4) is 0 Å². The van der Waals surface area contributed by atoms with E-state index >= 15 is 0 Å². The monoisotopic (exact) mass is 263 g/mol. The maximum absolute atomic E-state index is 11.9. The number of hydrogen-bond acceptors (Lipinski definition) is 4. The van der Waals surface area contributed by atoms with E-state index in [-0.39, 0.29) is 11.3 Å². The fourth-order valence-corrected chi connectivity index (χ4v) is 0.999. The molecule has 2 amide bonds. The van der Waals surface area contributed by atoms with Crippen LogP contribution in [0.5, 0.6) is 11.5 Å². The summed E-state index contributed by atoms with van der Waals surface area (Å²) in [6, 6.07) is 1.87. The number of halogens is 3. The number of nitrogens with one attached hydrogen (secondary N) is 1. The number of primary amides is 1. The van der Waals surface area contributed by atoms with E-state index in [9.17, 15) is 23.1 Å². The number of hydrogen-bond donors (Lipinski definition) is 3. The molecule has 0 atom stereocenters. The molecule has 1 aromatic carbocycles. The van der Waals surface area contributed by atoms with Gasteiger partial charge in [-0.2, -0.15) is 5.10 Å². The second-order valence-electron chi connectivity index (χ2n) is 3.00. The Morgan fingerprint density at radius 1 is 1.50 bits per heavy atom. The van der Waals surface area contributed by atoms with Gasteiger partial charge >= 0.3 is 12.4 Å². The molecule has 0 bridgehead atoms. The zero-order valence-electron chi connectivity index (χ0n) is 8.73. The number of aromatic hydroxyl groups is 1. The number of hydrazone groups is 1. The highest BCUT2D eigenvalue weighted by Gasteiger charge is 2.31. The van der Waals surface area contributed by atoms with Crippen LogP contribution in [0.2, 0.25) is 0 Å². The van der Waals surface area contributed by atoms with Gasteiger partial charge in [-0.1, -0.05) is 0 Å². The Hall–Kier alpha value is -2.45. The van der Waals surface area contributed by atoms with Crippen molar-refractivity contribution in [1.29, 1.82) is 0 Å². The van der Waals surface area contributed by atoms with E-state index in [2.05, 4.69) is 9.84 Å². The van der Waals surface area contributed by atoms with Crippen LogP contribution in [-0.4, -0.2) is 23.7 Å². The van der Waals surface area contributed by atoms with Crippen LogP contribution in [0, 0.1) is 0 Å². The van der Waals surface area contributed by atoms with E-state index in [4.69, 9.17) is 5.73 Å². The molecule has 98 valence electrons. The predicted molar refractivity (Wildman–Crippen MR) is 55.1 cm³/mol. The smallest absolute Gasteiger partial charge is 0.507 e. The van der Waals surface area contributed by atoms with Crippen LogP contribution < -0.4 is 15.9 Å². The lowest BCUT2D eigenvalue weighted by molar-refractivity contribution is -0.274. The van der Waals surface area contributed by atoms with Crippen LogP contribution in [0.15, 0.2) is 23.3 Å². The molecule has 0 spiro atoms. The van der Waals surface area contributed by atoms with Crippen molar-refractivity contribution in [2.75, 3.05) is 0 Å². The number of nitrogens with two attached hydrogens (primary N) is 1. The summed E-state index contributed by atoms with van der Waals surface area (Å²) in [5, 5.41) is 12.6. The molecule has 4 N–H and O–H groups in total. The largest absolute Gasteiger partial charge is 0.573 e. The fraction of sp³-hybridized carbons (Fsp3) is 0.111. The first-order valence-electron chi connectivity index (χ1n) is 4.45. The summed E-state index contributed by atoms with van der Waals surface area (Å²) >= 11 is 0.